The highest BCUT2D eigenvalue weighted by atomic mass is 16.6. The minimum atomic E-state index is -0.168. The highest BCUT2D eigenvalue weighted by Gasteiger charge is 2.11. The SMILES string of the molecule is COc1ccc2c(=O)n(OC)c3ccccc3c2c1. The Morgan fingerprint density at radius 2 is 1.74 bits per heavy atom. The van der Waals surface area contributed by atoms with Crippen LogP contribution in [0.5, 0.6) is 5.75 Å². The third-order valence-electron chi connectivity index (χ3n) is 3.24. The van der Waals surface area contributed by atoms with E-state index in [2.05, 4.69) is 0 Å². The molecule has 0 atom stereocenters. The average molecular weight is 255 g/mol. The van der Waals surface area contributed by atoms with E-state index in [1.807, 2.05) is 30.3 Å². The molecule has 0 spiro atoms. The highest BCUT2D eigenvalue weighted by molar-refractivity contribution is 6.05. The van der Waals surface area contributed by atoms with Crippen LogP contribution in [0.3, 0.4) is 0 Å². The van der Waals surface area contributed by atoms with Crippen molar-refractivity contribution in [1.82, 2.24) is 4.73 Å². The van der Waals surface area contributed by atoms with Gasteiger partial charge in [0.1, 0.15) is 12.9 Å². The Hall–Kier alpha value is -2.49. The smallest absolute Gasteiger partial charge is 0.291 e. The minimum absolute atomic E-state index is 0.168. The second-order valence-electron chi connectivity index (χ2n) is 4.21. The lowest BCUT2D eigenvalue weighted by molar-refractivity contribution is 0.170. The molecule has 1 aromatic heterocycles. The Kier molecular flexibility index (Phi) is 2.63. The van der Waals surface area contributed by atoms with E-state index in [1.165, 1.54) is 11.8 Å². The van der Waals surface area contributed by atoms with Gasteiger partial charge in [-0.2, -0.15) is 0 Å². The molecule has 0 radical (unpaired) electrons. The van der Waals surface area contributed by atoms with Crippen molar-refractivity contribution in [2.24, 2.45) is 0 Å². The van der Waals surface area contributed by atoms with Crippen LogP contribution in [0.2, 0.25) is 0 Å². The molecule has 0 N–H and O–H groups in total. The van der Waals surface area contributed by atoms with Crippen molar-refractivity contribution in [2.45, 2.75) is 0 Å². The zero-order valence-corrected chi connectivity index (χ0v) is 10.7. The number of hydrogen-bond donors (Lipinski definition) is 0. The number of para-hydroxylation sites is 1. The lowest BCUT2D eigenvalue weighted by Crippen LogP contribution is -2.25. The molecule has 0 saturated heterocycles. The summed E-state index contributed by atoms with van der Waals surface area (Å²) in [7, 11) is 3.10. The summed E-state index contributed by atoms with van der Waals surface area (Å²) in [5, 5.41) is 2.44. The normalized spacial score (nSPS) is 10.8. The molecule has 0 bridgehead atoms. The van der Waals surface area contributed by atoms with E-state index in [0.29, 0.717) is 5.39 Å². The van der Waals surface area contributed by atoms with Crippen LogP contribution in [0, 0.1) is 0 Å². The van der Waals surface area contributed by atoms with Gasteiger partial charge < -0.3 is 9.57 Å². The number of benzene rings is 2. The number of ether oxygens (including phenoxy) is 1. The quantitative estimate of drug-likeness (QED) is 0.659. The van der Waals surface area contributed by atoms with Gasteiger partial charge in [-0.25, -0.2) is 0 Å². The number of methoxy groups -OCH3 is 1. The van der Waals surface area contributed by atoms with Crippen molar-refractivity contribution in [3.8, 4) is 5.75 Å². The molecule has 96 valence electrons. The maximum atomic E-state index is 12.4. The van der Waals surface area contributed by atoms with Gasteiger partial charge in [-0.3, -0.25) is 4.79 Å². The third-order valence-corrected chi connectivity index (χ3v) is 3.24. The van der Waals surface area contributed by atoms with E-state index in [1.54, 1.807) is 19.2 Å². The van der Waals surface area contributed by atoms with Gasteiger partial charge in [0, 0.05) is 10.8 Å². The molecule has 4 heteroatoms. The van der Waals surface area contributed by atoms with Gasteiger partial charge in [-0.05, 0) is 24.3 Å². The van der Waals surface area contributed by atoms with E-state index in [0.717, 1.165) is 22.0 Å². The van der Waals surface area contributed by atoms with E-state index < -0.39 is 0 Å². The van der Waals surface area contributed by atoms with Crippen LogP contribution in [0.25, 0.3) is 21.7 Å². The summed E-state index contributed by atoms with van der Waals surface area (Å²) in [5.41, 5.74) is 0.578. The van der Waals surface area contributed by atoms with Crippen molar-refractivity contribution in [1.29, 1.82) is 0 Å². The summed E-state index contributed by atoms with van der Waals surface area (Å²) in [5.74, 6) is 0.729. The fourth-order valence-electron chi connectivity index (χ4n) is 2.34. The van der Waals surface area contributed by atoms with Crippen molar-refractivity contribution < 1.29 is 9.57 Å². The van der Waals surface area contributed by atoms with Crippen molar-refractivity contribution >= 4 is 21.7 Å². The molecule has 0 fully saturated rings. The van der Waals surface area contributed by atoms with Crippen LogP contribution in [0.15, 0.2) is 47.3 Å². The van der Waals surface area contributed by atoms with E-state index in [9.17, 15) is 4.79 Å². The Morgan fingerprint density at radius 1 is 0.947 bits per heavy atom. The molecular weight excluding hydrogens is 242 g/mol. The third kappa shape index (κ3) is 1.64. The number of pyridine rings is 1. The Bertz CT molecular complexity index is 821. The number of rotatable bonds is 2. The van der Waals surface area contributed by atoms with Gasteiger partial charge in [-0.1, -0.05) is 18.2 Å². The molecule has 0 aliphatic carbocycles. The Morgan fingerprint density at radius 3 is 2.47 bits per heavy atom. The fourth-order valence-corrected chi connectivity index (χ4v) is 2.34. The van der Waals surface area contributed by atoms with E-state index in [-0.39, 0.29) is 5.56 Å². The summed E-state index contributed by atoms with van der Waals surface area (Å²) < 4.78 is 6.54. The predicted molar refractivity (Wildman–Crippen MR) is 74.8 cm³/mol. The number of nitrogens with zero attached hydrogens (tertiary/aromatic N) is 1. The topological polar surface area (TPSA) is 40.5 Å². The van der Waals surface area contributed by atoms with Gasteiger partial charge in [0.15, 0.2) is 0 Å². The number of hydrogen-bond acceptors (Lipinski definition) is 3. The first kappa shape index (κ1) is 11.6. The summed E-state index contributed by atoms with van der Waals surface area (Å²) in [6, 6.07) is 13.1. The predicted octanol–water partition coefficient (Wildman–Crippen LogP) is 2.22. The monoisotopic (exact) mass is 255 g/mol. The van der Waals surface area contributed by atoms with Crippen LogP contribution >= 0.6 is 0 Å². The zero-order chi connectivity index (χ0) is 13.4. The Balaban J connectivity index is 2.59. The summed E-state index contributed by atoms with van der Waals surface area (Å²) in [6.45, 7) is 0. The fraction of sp³-hybridized carbons (Fsp3) is 0.133. The van der Waals surface area contributed by atoms with Crippen LogP contribution in [0.1, 0.15) is 0 Å². The highest BCUT2D eigenvalue weighted by Crippen LogP contribution is 2.25. The maximum Gasteiger partial charge on any atom is 0.291 e. The average Bonchev–Trinajstić information content (AvgIpc) is 2.47. The standard InChI is InChI=1S/C15H13NO3/c1-18-10-7-8-12-13(9-10)11-5-3-4-6-14(11)16(19-2)15(12)17/h3-9H,1-2H3. The molecule has 2 aromatic carbocycles. The molecule has 19 heavy (non-hydrogen) atoms. The second-order valence-corrected chi connectivity index (χ2v) is 4.21. The number of fused-ring (bicyclic) bond motifs is 3. The summed E-state index contributed by atoms with van der Waals surface area (Å²) in [4.78, 5) is 17.6. The number of aromatic nitrogens is 1. The Labute approximate surface area is 109 Å². The molecule has 0 amide bonds. The molecule has 0 aliphatic heterocycles. The summed E-state index contributed by atoms with van der Waals surface area (Å²) >= 11 is 0. The van der Waals surface area contributed by atoms with Crippen molar-refractivity contribution in [2.75, 3.05) is 14.2 Å². The second kappa shape index (κ2) is 4.31. The largest absolute Gasteiger partial charge is 0.497 e. The molecule has 0 aliphatic rings. The molecule has 3 rings (SSSR count). The van der Waals surface area contributed by atoms with Gasteiger partial charge in [0.25, 0.3) is 5.56 Å². The lowest BCUT2D eigenvalue weighted by atomic mass is 10.1. The first-order valence-electron chi connectivity index (χ1n) is 5.92. The van der Waals surface area contributed by atoms with Gasteiger partial charge in [0.2, 0.25) is 0 Å². The summed E-state index contributed by atoms with van der Waals surface area (Å²) in [6.07, 6.45) is 0. The van der Waals surface area contributed by atoms with Crippen LogP contribution in [-0.4, -0.2) is 19.0 Å². The maximum absolute atomic E-state index is 12.4. The van der Waals surface area contributed by atoms with E-state index in [4.69, 9.17) is 9.57 Å². The first-order valence-corrected chi connectivity index (χ1v) is 5.92. The molecule has 3 aromatic rings. The van der Waals surface area contributed by atoms with Crippen molar-refractivity contribution in [3.63, 3.8) is 0 Å². The molecule has 4 nitrogen and oxygen atoms in total. The zero-order valence-electron chi connectivity index (χ0n) is 10.7. The molecule has 0 unspecified atom stereocenters. The van der Waals surface area contributed by atoms with Crippen molar-refractivity contribution in [3.05, 3.63) is 52.8 Å². The minimum Gasteiger partial charge on any atom is -0.497 e. The molecular formula is C15H13NO3. The van der Waals surface area contributed by atoms with Gasteiger partial charge >= 0.3 is 0 Å². The van der Waals surface area contributed by atoms with E-state index >= 15 is 0 Å². The van der Waals surface area contributed by atoms with Gasteiger partial charge in [0.05, 0.1) is 18.0 Å². The lowest BCUT2D eigenvalue weighted by Gasteiger charge is -2.11. The first-order chi connectivity index (χ1) is 9.26. The van der Waals surface area contributed by atoms with Gasteiger partial charge in [-0.15, -0.1) is 4.73 Å². The van der Waals surface area contributed by atoms with Crippen LogP contribution < -0.4 is 15.1 Å². The van der Waals surface area contributed by atoms with Crippen LogP contribution in [0.4, 0.5) is 0 Å². The molecule has 1 heterocycles. The molecule has 0 saturated carbocycles. The van der Waals surface area contributed by atoms with Crippen LogP contribution in [-0.2, 0) is 0 Å².